The lowest BCUT2D eigenvalue weighted by Gasteiger charge is -2.18. The van der Waals surface area contributed by atoms with Crippen LogP contribution in [0.4, 0.5) is 10.1 Å². The van der Waals surface area contributed by atoms with Crippen molar-refractivity contribution in [3.8, 4) is 0 Å². The highest BCUT2D eigenvalue weighted by molar-refractivity contribution is 5.98. The third-order valence-electron chi connectivity index (χ3n) is 3.62. The van der Waals surface area contributed by atoms with E-state index in [-0.39, 0.29) is 18.0 Å². The molecule has 0 saturated heterocycles. The minimum Gasteiger partial charge on any atom is -0.385 e. The number of hydrogen-bond donors (Lipinski definition) is 1. The average Bonchev–Trinajstić information content (AvgIpc) is 2.47. The van der Waals surface area contributed by atoms with Gasteiger partial charge in [-0.1, -0.05) is 12.1 Å². The van der Waals surface area contributed by atoms with Gasteiger partial charge in [-0.25, -0.2) is 4.39 Å². The second-order valence-corrected chi connectivity index (χ2v) is 5.13. The highest BCUT2D eigenvalue weighted by atomic mass is 19.1. The first kappa shape index (κ1) is 12.9. The van der Waals surface area contributed by atoms with Gasteiger partial charge in [-0.15, -0.1) is 0 Å². The maximum atomic E-state index is 13.1. The fourth-order valence-electron chi connectivity index (χ4n) is 2.58. The molecule has 2 nitrogen and oxygen atoms in total. The fourth-order valence-corrected chi connectivity index (χ4v) is 2.58. The molecule has 1 aliphatic rings. The molecule has 0 aliphatic carbocycles. The summed E-state index contributed by atoms with van der Waals surface area (Å²) in [5, 5.41) is 3.33. The number of anilines is 1. The first-order valence-electron chi connectivity index (χ1n) is 6.87. The van der Waals surface area contributed by atoms with Crippen LogP contribution < -0.4 is 5.32 Å². The van der Waals surface area contributed by atoms with Gasteiger partial charge in [0.2, 0.25) is 0 Å². The first-order chi connectivity index (χ1) is 9.72. The van der Waals surface area contributed by atoms with Gasteiger partial charge in [-0.05, 0) is 54.3 Å². The second kappa shape index (κ2) is 5.45. The largest absolute Gasteiger partial charge is 0.385 e. The molecule has 0 bridgehead atoms. The van der Waals surface area contributed by atoms with E-state index in [4.69, 9.17) is 0 Å². The van der Waals surface area contributed by atoms with Crippen LogP contribution in [-0.2, 0) is 12.8 Å². The van der Waals surface area contributed by atoms with E-state index >= 15 is 0 Å². The van der Waals surface area contributed by atoms with E-state index < -0.39 is 0 Å². The zero-order valence-electron chi connectivity index (χ0n) is 11.2. The first-order valence-corrected chi connectivity index (χ1v) is 6.87. The number of carbonyl (C=O) groups is 1. The summed E-state index contributed by atoms with van der Waals surface area (Å²) >= 11 is 0. The maximum absolute atomic E-state index is 13.1. The Morgan fingerprint density at radius 3 is 2.95 bits per heavy atom. The van der Waals surface area contributed by atoms with Gasteiger partial charge >= 0.3 is 0 Å². The Balaban J connectivity index is 1.80. The van der Waals surface area contributed by atoms with Gasteiger partial charge in [-0.3, -0.25) is 4.79 Å². The van der Waals surface area contributed by atoms with Crippen molar-refractivity contribution in [1.82, 2.24) is 0 Å². The van der Waals surface area contributed by atoms with Crippen molar-refractivity contribution in [3.63, 3.8) is 0 Å². The zero-order valence-corrected chi connectivity index (χ0v) is 11.2. The van der Waals surface area contributed by atoms with Crippen molar-refractivity contribution in [2.24, 2.45) is 0 Å². The number of ketones is 1. The van der Waals surface area contributed by atoms with Crippen molar-refractivity contribution in [2.75, 3.05) is 11.9 Å². The highest BCUT2D eigenvalue weighted by Crippen LogP contribution is 2.23. The number of aryl methyl sites for hydroxylation is 1. The quantitative estimate of drug-likeness (QED) is 0.862. The number of fused-ring (bicyclic) bond motifs is 1. The number of carbonyl (C=O) groups excluding carboxylic acids is 1. The summed E-state index contributed by atoms with van der Waals surface area (Å²) in [6.45, 7) is 0.990. The highest BCUT2D eigenvalue weighted by Gasteiger charge is 2.13. The summed E-state index contributed by atoms with van der Waals surface area (Å²) in [5.41, 5.74) is 3.74. The summed E-state index contributed by atoms with van der Waals surface area (Å²) in [5.74, 6) is -0.270. The van der Waals surface area contributed by atoms with E-state index in [0.29, 0.717) is 11.1 Å². The van der Waals surface area contributed by atoms with Crippen LogP contribution in [0, 0.1) is 5.82 Å². The number of halogens is 1. The third-order valence-corrected chi connectivity index (χ3v) is 3.62. The molecule has 2 aromatic carbocycles. The minimum atomic E-state index is -0.301. The summed E-state index contributed by atoms with van der Waals surface area (Å²) in [4.78, 5) is 12.3. The molecule has 20 heavy (non-hydrogen) atoms. The Kier molecular flexibility index (Phi) is 3.50. The monoisotopic (exact) mass is 269 g/mol. The molecule has 3 heteroatoms. The van der Waals surface area contributed by atoms with E-state index in [0.717, 1.165) is 25.1 Å². The lowest BCUT2D eigenvalue weighted by molar-refractivity contribution is 0.0993. The second-order valence-electron chi connectivity index (χ2n) is 5.13. The lowest BCUT2D eigenvalue weighted by Crippen LogP contribution is -2.13. The topological polar surface area (TPSA) is 29.1 Å². The van der Waals surface area contributed by atoms with Gasteiger partial charge < -0.3 is 5.32 Å². The number of nitrogens with one attached hydrogen (secondary N) is 1. The van der Waals surface area contributed by atoms with Gasteiger partial charge in [0.05, 0.1) is 0 Å². The number of hydrogen-bond acceptors (Lipinski definition) is 2. The predicted molar refractivity (Wildman–Crippen MR) is 77.7 cm³/mol. The van der Waals surface area contributed by atoms with E-state index in [1.54, 1.807) is 12.1 Å². The van der Waals surface area contributed by atoms with Gasteiger partial charge in [-0.2, -0.15) is 0 Å². The molecule has 0 aromatic heterocycles. The van der Waals surface area contributed by atoms with Crippen LogP contribution in [0.15, 0.2) is 42.5 Å². The average molecular weight is 269 g/mol. The van der Waals surface area contributed by atoms with Crippen molar-refractivity contribution in [3.05, 3.63) is 65.0 Å². The summed E-state index contributed by atoms with van der Waals surface area (Å²) in [6.07, 6.45) is 2.34. The van der Waals surface area contributed by atoms with Crippen LogP contribution in [0.25, 0.3) is 0 Å². The predicted octanol–water partition coefficient (Wildman–Crippen LogP) is 3.61. The Bertz CT molecular complexity index is 651. The molecular formula is C17H16FNO. The summed E-state index contributed by atoms with van der Waals surface area (Å²) in [6, 6.07) is 12.0. The molecule has 3 rings (SSSR count). The van der Waals surface area contributed by atoms with Crippen molar-refractivity contribution in [1.29, 1.82) is 0 Å². The third kappa shape index (κ3) is 2.72. The minimum absolute atomic E-state index is 0.0315. The number of rotatable bonds is 3. The van der Waals surface area contributed by atoms with Crippen molar-refractivity contribution < 1.29 is 9.18 Å². The van der Waals surface area contributed by atoms with Crippen LogP contribution in [0.2, 0.25) is 0 Å². The van der Waals surface area contributed by atoms with Crippen LogP contribution >= 0.6 is 0 Å². The SMILES string of the molecule is O=C(Cc1cccc(F)c1)c1ccc2c(c1)CCCN2. The van der Waals surface area contributed by atoms with Gasteiger partial charge in [0.25, 0.3) is 0 Å². The van der Waals surface area contributed by atoms with Crippen molar-refractivity contribution in [2.45, 2.75) is 19.3 Å². The van der Waals surface area contributed by atoms with Crippen LogP contribution in [0.3, 0.4) is 0 Å². The molecule has 0 spiro atoms. The molecule has 1 aliphatic heterocycles. The Labute approximate surface area is 117 Å². The molecule has 0 saturated carbocycles. The molecule has 0 radical (unpaired) electrons. The van der Waals surface area contributed by atoms with E-state index in [2.05, 4.69) is 5.32 Å². The Morgan fingerprint density at radius 2 is 2.10 bits per heavy atom. The van der Waals surface area contributed by atoms with E-state index in [1.807, 2.05) is 18.2 Å². The molecule has 0 unspecified atom stereocenters. The number of benzene rings is 2. The Hall–Kier alpha value is -2.16. The summed E-state index contributed by atoms with van der Waals surface area (Å²) in [7, 11) is 0. The maximum Gasteiger partial charge on any atom is 0.167 e. The zero-order chi connectivity index (χ0) is 13.9. The van der Waals surface area contributed by atoms with E-state index in [1.165, 1.54) is 17.7 Å². The molecule has 0 atom stereocenters. The molecular weight excluding hydrogens is 253 g/mol. The smallest absolute Gasteiger partial charge is 0.167 e. The lowest BCUT2D eigenvalue weighted by atomic mass is 9.97. The van der Waals surface area contributed by atoms with Gasteiger partial charge in [0.15, 0.2) is 5.78 Å². The Morgan fingerprint density at radius 1 is 1.20 bits per heavy atom. The molecule has 1 N–H and O–H groups in total. The van der Waals surface area contributed by atoms with Crippen LogP contribution in [0.5, 0.6) is 0 Å². The molecule has 0 fully saturated rings. The summed E-state index contributed by atoms with van der Waals surface area (Å²) < 4.78 is 13.1. The van der Waals surface area contributed by atoms with Crippen molar-refractivity contribution >= 4 is 11.5 Å². The standard InChI is InChI=1S/C17H16FNO/c18-15-5-1-3-12(9-15)10-17(20)14-6-7-16-13(11-14)4-2-8-19-16/h1,3,5-7,9,11,19H,2,4,8,10H2. The van der Waals surface area contributed by atoms with Gasteiger partial charge in [0.1, 0.15) is 5.82 Å². The fraction of sp³-hybridized carbons (Fsp3) is 0.235. The van der Waals surface area contributed by atoms with Crippen LogP contribution in [0.1, 0.15) is 27.9 Å². The molecule has 1 heterocycles. The van der Waals surface area contributed by atoms with Gasteiger partial charge in [0, 0.05) is 24.2 Å². The van der Waals surface area contributed by atoms with Crippen LogP contribution in [-0.4, -0.2) is 12.3 Å². The van der Waals surface area contributed by atoms with E-state index in [9.17, 15) is 9.18 Å². The normalized spacial score (nSPS) is 13.4. The molecule has 0 amide bonds. The molecule has 2 aromatic rings. The number of Topliss-reactive ketones (excluding diaryl/α,β-unsaturated/α-hetero) is 1. The molecule has 102 valence electrons.